The first-order valence-electron chi connectivity index (χ1n) is 10.3. The zero-order chi connectivity index (χ0) is 24.9. The fourth-order valence-corrected chi connectivity index (χ4v) is 3.65. The van der Waals surface area contributed by atoms with Crippen molar-refractivity contribution in [2.24, 2.45) is 0 Å². The van der Waals surface area contributed by atoms with Gasteiger partial charge in [-0.2, -0.15) is 13.2 Å². The maximum Gasteiger partial charge on any atom is 0.433 e. The van der Waals surface area contributed by atoms with Crippen LogP contribution in [-0.2, 0) is 41.5 Å². The van der Waals surface area contributed by atoms with Gasteiger partial charge in [-0.05, 0) is 36.2 Å². The van der Waals surface area contributed by atoms with Gasteiger partial charge in [0.25, 0.3) is 0 Å². The molecule has 0 bridgehead atoms. The molecule has 2 N–H and O–H groups in total. The fourth-order valence-electron chi connectivity index (χ4n) is 3.30. The topological polar surface area (TPSA) is 71.1 Å². The summed E-state index contributed by atoms with van der Waals surface area (Å²) in [5, 5.41) is 2.67. The SMILES string of the molecule is Cc1cccc(-c2nc(C(F)(F)F)ccc2CNC(=O)Cc2ccc(CNS(C)=O)c(F)c2)c1. The van der Waals surface area contributed by atoms with Gasteiger partial charge in [-0.1, -0.05) is 42.0 Å². The van der Waals surface area contributed by atoms with Crippen LogP contribution in [0.5, 0.6) is 0 Å². The molecule has 0 radical (unpaired) electrons. The fraction of sp³-hybridized carbons (Fsp3) is 0.250. The predicted octanol–water partition coefficient (Wildman–Crippen LogP) is 4.46. The molecule has 1 atom stereocenters. The lowest BCUT2D eigenvalue weighted by molar-refractivity contribution is -0.141. The Morgan fingerprint density at radius 3 is 2.41 bits per heavy atom. The van der Waals surface area contributed by atoms with Gasteiger partial charge >= 0.3 is 6.18 Å². The lowest BCUT2D eigenvalue weighted by Gasteiger charge is -2.14. The second-order valence-corrected chi connectivity index (χ2v) is 8.92. The van der Waals surface area contributed by atoms with Crippen LogP contribution in [0, 0.1) is 12.7 Å². The number of hydrogen-bond donors (Lipinski definition) is 2. The summed E-state index contributed by atoms with van der Waals surface area (Å²) >= 11 is 0. The summed E-state index contributed by atoms with van der Waals surface area (Å²) in [5.74, 6) is -0.952. The Morgan fingerprint density at radius 2 is 1.76 bits per heavy atom. The minimum Gasteiger partial charge on any atom is -0.352 e. The molecular weight excluding hydrogens is 470 g/mol. The Morgan fingerprint density at radius 1 is 1.03 bits per heavy atom. The molecule has 3 rings (SSSR count). The van der Waals surface area contributed by atoms with Crippen molar-refractivity contribution in [1.82, 2.24) is 15.0 Å². The number of rotatable bonds is 8. The molecule has 0 aliphatic carbocycles. The van der Waals surface area contributed by atoms with Gasteiger partial charge in [0, 0.05) is 30.5 Å². The number of aromatic nitrogens is 1. The van der Waals surface area contributed by atoms with Gasteiger partial charge in [-0.3, -0.25) is 4.79 Å². The standard InChI is InChI=1S/C24H23F4N3O2S/c1-15-4-3-5-17(10-15)23-19(8-9-21(31-23)24(26,27)28)13-29-22(32)12-16-6-7-18(20(25)11-16)14-30-34(2)33/h3-11,30H,12-14H2,1-2H3,(H,29,32). The van der Waals surface area contributed by atoms with Crippen LogP contribution in [0.2, 0.25) is 0 Å². The van der Waals surface area contributed by atoms with E-state index in [1.54, 1.807) is 24.3 Å². The third-order valence-electron chi connectivity index (χ3n) is 4.98. The first-order valence-corrected chi connectivity index (χ1v) is 11.8. The van der Waals surface area contributed by atoms with E-state index in [1.165, 1.54) is 24.5 Å². The van der Waals surface area contributed by atoms with Crippen LogP contribution < -0.4 is 10.0 Å². The van der Waals surface area contributed by atoms with Crippen molar-refractivity contribution in [2.45, 2.75) is 32.6 Å². The van der Waals surface area contributed by atoms with E-state index in [-0.39, 0.29) is 25.2 Å². The molecule has 0 aliphatic rings. The maximum absolute atomic E-state index is 14.2. The highest BCUT2D eigenvalue weighted by Gasteiger charge is 2.33. The zero-order valence-corrected chi connectivity index (χ0v) is 19.3. The van der Waals surface area contributed by atoms with Crippen LogP contribution in [0.15, 0.2) is 54.6 Å². The number of amides is 1. The minimum atomic E-state index is -4.60. The van der Waals surface area contributed by atoms with Crippen molar-refractivity contribution in [3.63, 3.8) is 0 Å². The molecule has 0 fully saturated rings. The van der Waals surface area contributed by atoms with Crippen LogP contribution in [-0.4, -0.2) is 21.4 Å². The van der Waals surface area contributed by atoms with Gasteiger partial charge in [0.2, 0.25) is 5.91 Å². The highest BCUT2D eigenvalue weighted by molar-refractivity contribution is 7.82. The van der Waals surface area contributed by atoms with Gasteiger partial charge in [0.15, 0.2) is 0 Å². The highest BCUT2D eigenvalue weighted by Crippen LogP contribution is 2.31. The molecule has 0 saturated carbocycles. The lowest BCUT2D eigenvalue weighted by atomic mass is 10.0. The molecule has 0 aliphatic heterocycles. The summed E-state index contributed by atoms with van der Waals surface area (Å²) < 4.78 is 67.6. The lowest BCUT2D eigenvalue weighted by Crippen LogP contribution is -2.25. The number of alkyl halides is 3. The number of carbonyl (C=O) groups excluding carboxylic acids is 1. The largest absolute Gasteiger partial charge is 0.433 e. The number of aryl methyl sites for hydroxylation is 1. The van der Waals surface area contributed by atoms with E-state index in [4.69, 9.17) is 0 Å². The van der Waals surface area contributed by atoms with E-state index in [1.807, 2.05) is 13.0 Å². The predicted molar refractivity (Wildman–Crippen MR) is 122 cm³/mol. The van der Waals surface area contributed by atoms with E-state index in [2.05, 4.69) is 15.0 Å². The summed E-state index contributed by atoms with van der Waals surface area (Å²) in [7, 11) is -1.28. The molecule has 5 nitrogen and oxygen atoms in total. The van der Waals surface area contributed by atoms with Crippen molar-refractivity contribution in [3.8, 4) is 11.3 Å². The molecule has 0 spiro atoms. The molecule has 1 heterocycles. The normalized spacial score (nSPS) is 12.4. The van der Waals surface area contributed by atoms with Crippen molar-refractivity contribution in [3.05, 3.63) is 88.4 Å². The summed E-state index contributed by atoms with van der Waals surface area (Å²) in [6.07, 6.45) is -3.27. The van der Waals surface area contributed by atoms with Crippen LogP contribution in [0.25, 0.3) is 11.3 Å². The third-order valence-corrected chi connectivity index (χ3v) is 5.54. The van der Waals surface area contributed by atoms with E-state index in [0.29, 0.717) is 22.3 Å². The van der Waals surface area contributed by atoms with Crippen LogP contribution in [0.3, 0.4) is 0 Å². The molecule has 0 saturated heterocycles. The first-order chi connectivity index (χ1) is 16.0. The monoisotopic (exact) mass is 493 g/mol. The number of hydrogen-bond acceptors (Lipinski definition) is 3. The Hall–Kier alpha value is -3.11. The molecule has 10 heteroatoms. The van der Waals surface area contributed by atoms with Crippen molar-refractivity contribution < 1.29 is 26.6 Å². The summed E-state index contributed by atoms with van der Waals surface area (Å²) in [6, 6.07) is 13.4. The highest BCUT2D eigenvalue weighted by atomic mass is 32.2. The van der Waals surface area contributed by atoms with Crippen LogP contribution in [0.1, 0.15) is 27.9 Å². The number of benzene rings is 2. The minimum absolute atomic E-state index is 0.0416. The smallest absolute Gasteiger partial charge is 0.352 e. The van der Waals surface area contributed by atoms with Gasteiger partial charge in [0.1, 0.15) is 11.5 Å². The average Bonchev–Trinajstić information content (AvgIpc) is 2.76. The quantitative estimate of drug-likeness (QED) is 0.456. The number of nitrogens with one attached hydrogen (secondary N) is 2. The van der Waals surface area contributed by atoms with E-state index < -0.39 is 34.6 Å². The van der Waals surface area contributed by atoms with Crippen LogP contribution >= 0.6 is 0 Å². The molecule has 34 heavy (non-hydrogen) atoms. The maximum atomic E-state index is 14.2. The van der Waals surface area contributed by atoms with Gasteiger partial charge < -0.3 is 5.32 Å². The Bertz CT molecular complexity index is 1220. The summed E-state index contributed by atoms with van der Waals surface area (Å²) in [4.78, 5) is 16.3. The third kappa shape index (κ3) is 6.94. The number of pyridine rings is 1. The molecule has 1 aromatic heterocycles. The molecule has 1 unspecified atom stereocenters. The molecule has 2 aromatic carbocycles. The zero-order valence-electron chi connectivity index (χ0n) is 18.5. The van der Waals surface area contributed by atoms with Gasteiger partial charge in [0.05, 0.1) is 23.1 Å². The Kier molecular flexibility index (Phi) is 8.16. The Balaban J connectivity index is 1.74. The number of carbonyl (C=O) groups is 1. The van der Waals surface area contributed by atoms with Gasteiger partial charge in [-0.15, -0.1) is 0 Å². The van der Waals surface area contributed by atoms with E-state index in [9.17, 15) is 26.6 Å². The molecule has 180 valence electrons. The Labute approximate surface area is 197 Å². The second kappa shape index (κ2) is 10.9. The molecule has 3 aromatic rings. The second-order valence-electron chi connectivity index (χ2n) is 7.73. The molecule has 1 amide bonds. The van der Waals surface area contributed by atoms with Crippen molar-refractivity contribution >= 4 is 16.9 Å². The van der Waals surface area contributed by atoms with Gasteiger partial charge in [-0.25, -0.2) is 18.3 Å². The summed E-state index contributed by atoms with van der Waals surface area (Å²) in [5.41, 5.74) is 1.66. The van der Waals surface area contributed by atoms with Crippen LogP contribution in [0.4, 0.5) is 17.6 Å². The summed E-state index contributed by atoms with van der Waals surface area (Å²) in [6.45, 7) is 1.87. The number of halogens is 4. The van der Waals surface area contributed by atoms with E-state index >= 15 is 0 Å². The molecular formula is C24H23F4N3O2S. The van der Waals surface area contributed by atoms with Crippen molar-refractivity contribution in [2.75, 3.05) is 6.26 Å². The first kappa shape index (κ1) is 25.5. The van der Waals surface area contributed by atoms with E-state index in [0.717, 1.165) is 11.6 Å². The average molecular weight is 494 g/mol. The van der Waals surface area contributed by atoms with Crippen molar-refractivity contribution in [1.29, 1.82) is 0 Å². The number of nitrogens with zero attached hydrogens (tertiary/aromatic N) is 1.